The summed E-state index contributed by atoms with van der Waals surface area (Å²) < 4.78 is 0. The highest BCUT2D eigenvalue weighted by atomic mass is 15.1. The summed E-state index contributed by atoms with van der Waals surface area (Å²) in [5, 5.41) is 8.61. The highest BCUT2D eigenvalue weighted by molar-refractivity contribution is 5.86. The van der Waals surface area contributed by atoms with Gasteiger partial charge in [-0.3, -0.25) is 5.10 Å². The van der Waals surface area contributed by atoms with Crippen LogP contribution in [0, 0.1) is 13.8 Å². The van der Waals surface area contributed by atoms with E-state index in [1.54, 1.807) is 0 Å². The van der Waals surface area contributed by atoms with E-state index in [0.717, 1.165) is 22.6 Å². The predicted molar refractivity (Wildman–Crippen MR) is 79.7 cm³/mol. The second-order valence-corrected chi connectivity index (χ2v) is 5.80. The Hall–Kier alpha value is -2.10. The molecule has 0 saturated heterocycles. The quantitative estimate of drug-likeness (QED) is 0.740. The lowest BCUT2D eigenvalue weighted by Crippen LogP contribution is -2.07. The normalized spacial score (nSPS) is 15.7. The van der Waals surface area contributed by atoms with Crippen molar-refractivity contribution in [2.45, 2.75) is 39.0 Å². The average Bonchev–Trinajstić information content (AvgIpc) is 2.92. The van der Waals surface area contributed by atoms with Crippen LogP contribution in [-0.4, -0.2) is 20.2 Å². The lowest BCUT2D eigenvalue weighted by molar-refractivity contribution is 0.422. The number of aromatic nitrogens is 4. The van der Waals surface area contributed by atoms with Crippen molar-refractivity contribution in [1.29, 1.82) is 0 Å². The first kappa shape index (κ1) is 11.7. The number of aromatic amines is 2. The summed E-state index contributed by atoms with van der Waals surface area (Å²) in [5.74, 6) is 0.715. The number of aryl methyl sites for hydroxylation is 2. The van der Waals surface area contributed by atoms with E-state index in [9.17, 15) is 0 Å². The second-order valence-electron chi connectivity index (χ2n) is 5.80. The van der Waals surface area contributed by atoms with Gasteiger partial charge in [0.2, 0.25) is 0 Å². The Labute approximate surface area is 117 Å². The molecule has 0 atom stereocenters. The van der Waals surface area contributed by atoms with Crippen molar-refractivity contribution in [1.82, 2.24) is 20.2 Å². The van der Waals surface area contributed by atoms with Gasteiger partial charge in [0.1, 0.15) is 5.65 Å². The van der Waals surface area contributed by atoms with Crippen molar-refractivity contribution in [3.63, 3.8) is 0 Å². The topological polar surface area (TPSA) is 57.4 Å². The summed E-state index contributed by atoms with van der Waals surface area (Å²) in [5.41, 5.74) is 6.89. The Morgan fingerprint density at radius 1 is 1.25 bits per heavy atom. The van der Waals surface area contributed by atoms with Crippen LogP contribution in [0.2, 0.25) is 0 Å². The molecule has 3 aromatic heterocycles. The molecular weight excluding hydrogens is 248 g/mol. The van der Waals surface area contributed by atoms with Crippen LogP contribution in [0.1, 0.15) is 42.1 Å². The molecule has 0 unspecified atom stereocenters. The van der Waals surface area contributed by atoms with Gasteiger partial charge in [-0.25, -0.2) is 4.98 Å². The molecule has 0 spiro atoms. The van der Waals surface area contributed by atoms with Crippen LogP contribution in [-0.2, 0) is 0 Å². The third-order valence-corrected chi connectivity index (χ3v) is 4.52. The molecule has 4 nitrogen and oxygen atoms in total. The van der Waals surface area contributed by atoms with Crippen LogP contribution < -0.4 is 0 Å². The van der Waals surface area contributed by atoms with Gasteiger partial charge in [0.25, 0.3) is 0 Å². The summed E-state index contributed by atoms with van der Waals surface area (Å²) in [6, 6.07) is 2.26. The van der Waals surface area contributed by atoms with Crippen molar-refractivity contribution in [3.8, 4) is 11.1 Å². The zero-order valence-electron chi connectivity index (χ0n) is 11.8. The van der Waals surface area contributed by atoms with E-state index in [1.165, 1.54) is 35.8 Å². The van der Waals surface area contributed by atoms with Crippen molar-refractivity contribution in [2.75, 3.05) is 0 Å². The number of fused-ring (bicyclic) bond motifs is 1. The summed E-state index contributed by atoms with van der Waals surface area (Å²) in [6.45, 7) is 4.09. The highest BCUT2D eigenvalue weighted by Gasteiger charge is 2.23. The maximum atomic E-state index is 4.58. The number of rotatable bonds is 2. The highest BCUT2D eigenvalue weighted by Crippen LogP contribution is 2.40. The van der Waals surface area contributed by atoms with E-state index in [4.69, 9.17) is 0 Å². The maximum Gasteiger partial charge on any atom is 0.137 e. The average molecular weight is 266 g/mol. The van der Waals surface area contributed by atoms with E-state index in [-0.39, 0.29) is 0 Å². The minimum absolute atomic E-state index is 0.715. The number of pyridine rings is 1. The Bertz CT molecular complexity index is 757. The number of nitrogens with one attached hydrogen (secondary N) is 2. The minimum Gasteiger partial charge on any atom is -0.346 e. The van der Waals surface area contributed by atoms with E-state index in [0.29, 0.717) is 5.92 Å². The van der Waals surface area contributed by atoms with Gasteiger partial charge in [-0.15, -0.1) is 0 Å². The Kier molecular flexibility index (Phi) is 2.46. The van der Waals surface area contributed by atoms with Gasteiger partial charge < -0.3 is 4.98 Å². The van der Waals surface area contributed by atoms with Gasteiger partial charge >= 0.3 is 0 Å². The molecule has 0 aromatic carbocycles. The lowest BCUT2D eigenvalue weighted by Gasteiger charge is -2.24. The van der Waals surface area contributed by atoms with Crippen molar-refractivity contribution >= 4 is 11.0 Å². The van der Waals surface area contributed by atoms with Gasteiger partial charge in [-0.1, -0.05) is 6.42 Å². The first-order valence-corrected chi connectivity index (χ1v) is 7.23. The van der Waals surface area contributed by atoms with Gasteiger partial charge in [0.05, 0.1) is 5.69 Å². The molecule has 1 aliphatic rings. The number of hydrogen-bond acceptors (Lipinski definition) is 2. The first-order valence-electron chi connectivity index (χ1n) is 7.23. The second kappa shape index (κ2) is 4.20. The molecular formula is C16H18N4. The number of nitrogens with zero attached hydrogens (tertiary/aromatic N) is 2. The van der Waals surface area contributed by atoms with Crippen LogP contribution in [0.5, 0.6) is 0 Å². The third-order valence-electron chi connectivity index (χ3n) is 4.52. The molecule has 4 rings (SSSR count). The van der Waals surface area contributed by atoms with E-state index >= 15 is 0 Å². The van der Waals surface area contributed by atoms with E-state index in [2.05, 4.69) is 39.4 Å². The predicted octanol–water partition coefficient (Wildman–Crippen LogP) is 3.84. The van der Waals surface area contributed by atoms with Crippen LogP contribution in [0.3, 0.4) is 0 Å². The first-order chi connectivity index (χ1) is 9.74. The van der Waals surface area contributed by atoms with Crippen LogP contribution >= 0.6 is 0 Å². The zero-order chi connectivity index (χ0) is 13.7. The molecule has 1 saturated carbocycles. The summed E-state index contributed by atoms with van der Waals surface area (Å²) in [6.07, 6.45) is 8.04. The molecule has 2 N–H and O–H groups in total. The molecule has 4 heteroatoms. The molecule has 1 fully saturated rings. The van der Waals surface area contributed by atoms with Crippen molar-refractivity contribution in [2.24, 2.45) is 0 Å². The number of H-pyrrole nitrogens is 2. The molecule has 20 heavy (non-hydrogen) atoms. The fourth-order valence-electron chi connectivity index (χ4n) is 3.19. The minimum atomic E-state index is 0.715. The Balaban J connectivity index is 1.89. The van der Waals surface area contributed by atoms with Crippen LogP contribution in [0.25, 0.3) is 22.2 Å². The molecule has 1 aliphatic carbocycles. The monoisotopic (exact) mass is 266 g/mol. The van der Waals surface area contributed by atoms with Crippen molar-refractivity contribution in [3.05, 3.63) is 35.4 Å². The molecule has 0 aliphatic heterocycles. The fourth-order valence-corrected chi connectivity index (χ4v) is 3.19. The van der Waals surface area contributed by atoms with Gasteiger partial charge in [-0.05, 0) is 44.2 Å². The van der Waals surface area contributed by atoms with Gasteiger partial charge in [0, 0.05) is 34.6 Å². The molecule has 3 aromatic rings. The molecule has 102 valence electrons. The van der Waals surface area contributed by atoms with Gasteiger partial charge in [0.15, 0.2) is 0 Å². The number of hydrogen-bond donors (Lipinski definition) is 2. The maximum absolute atomic E-state index is 4.58. The van der Waals surface area contributed by atoms with E-state index in [1.807, 2.05) is 13.1 Å². The molecule has 0 radical (unpaired) electrons. The van der Waals surface area contributed by atoms with E-state index < -0.39 is 0 Å². The summed E-state index contributed by atoms with van der Waals surface area (Å²) in [7, 11) is 0. The fraction of sp³-hybridized carbons (Fsp3) is 0.375. The molecule has 0 amide bonds. The van der Waals surface area contributed by atoms with Crippen molar-refractivity contribution < 1.29 is 0 Å². The Morgan fingerprint density at radius 2 is 2.10 bits per heavy atom. The Morgan fingerprint density at radius 3 is 2.75 bits per heavy atom. The molecule has 0 bridgehead atoms. The van der Waals surface area contributed by atoms with Gasteiger partial charge in [-0.2, -0.15) is 5.10 Å². The lowest BCUT2D eigenvalue weighted by atomic mass is 9.80. The van der Waals surface area contributed by atoms with Crippen LogP contribution in [0.4, 0.5) is 0 Å². The SMILES string of the molecule is Cc1n[nH]c(C)c1-c1cnc2[nH]cc(C3CCC3)c2c1. The molecule has 3 heterocycles. The summed E-state index contributed by atoms with van der Waals surface area (Å²) in [4.78, 5) is 7.89. The zero-order valence-corrected chi connectivity index (χ0v) is 11.8. The largest absolute Gasteiger partial charge is 0.346 e. The smallest absolute Gasteiger partial charge is 0.137 e. The summed E-state index contributed by atoms with van der Waals surface area (Å²) >= 11 is 0. The van der Waals surface area contributed by atoms with Crippen LogP contribution in [0.15, 0.2) is 18.5 Å². The third kappa shape index (κ3) is 1.60. The standard InChI is InChI=1S/C16H18N4/c1-9-15(10(2)20-19-9)12-6-13-14(11-4-3-5-11)8-18-16(13)17-7-12/h6-8,11H,3-5H2,1-2H3,(H,17,18)(H,19,20).